The van der Waals surface area contributed by atoms with Crippen LogP contribution >= 0.6 is 11.6 Å². The second kappa shape index (κ2) is 6.40. The largest absolute Gasteiger partial charge is 0.349 e. The fourth-order valence-electron chi connectivity index (χ4n) is 2.82. The van der Waals surface area contributed by atoms with Gasteiger partial charge in [0.25, 0.3) is 0 Å². The second-order valence-electron chi connectivity index (χ2n) is 5.32. The van der Waals surface area contributed by atoms with E-state index in [4.69, 9.17) is 17.3 Å². The van der Waals surface area contributed by atoms with E-state index in [1.807, 2.05) is 31.2 Å². The van der Waals surface area contributed by atoms with Crippen LogP contribution in [-0.4, -0.2) is 12.5 Å². The molecule has 0 saturated heterocycles. The van der Waals surface area contributed by atoms with Crippen LogP contribution in [0.2, 0.25) is 5.02 Å². The van der Waals surface area contributed by atoms with Crippen LogP contribution in [-0.2, 0) is 4.79 Å². The minimum Gasteiger partial charge on any atom is -0.349 e. The lowest BCUT2D eigenvalue weighted by Gasteiger charge is -2.21. The van der Waals surface area contributed by atoms with E-state index in [0.717, 1.165) is 24.8 Å². The molecule has 1 aromatic carbocycles. The Morgan fingerprint density at radius 3 is 2.74 bits per heavy atom. The molecule has 3 atom stereocenters. The molecule has 0 spiro atoms. The molecule has 1 aromatic rings. The van der Waals surface area contributed by atoms with Crippen LogP contribution in [0.1, 0.15) is 37.8 Å². The van der Waals surface area contributed by atoms with E-state index >= 15 is 0 Å². The first-order chi connectivity index (χ1) is 9.11. The van der Waals surface area contributed by atoms with Crippen molar-refractivity contribution in [1.82, 2.24) is 5.32 Å². The van der Waals surface area contributed by atoms with Gasteiger partial charge in [-0.25, -0.2) is 0 Å². The summed E-state index contributed by atoms with van der Waals surface area (Å²) < 4.78 is 0. The summed E-state index contributed by atoms with van der Waals surface area (Å²) in [6, 6.07) is 7.59. The van der Waals surface area contributed by atoms with Gasteiger partial charge < -0.3 is 11.1 Å². The predicted molar refractivity (Wildman–Crippen MR) is 77.9 cm³/mol. The fourth-order valence-corrected chi connectivity index (χ4v) is 2.95. The van der Waals surface area contributed by atoms with Crippen molar-refractivity contribution in [1.29, 1.82) is 0 Å². The van der Waals surface area contributed by atoms with E-state index in [1.165, 1.54) is 0 Å². The Bertz CT molecular complexity index is 432. The van der Waals surface area contributed by atoms with Gasteiger partial charge in [0.15, 0.2) is 0 Å². The Balaban J connectivity index is 1.96. The molecule has 3 nitrogen and oxygen atoms in total. The molecule has 1 fully saturated rings. The number of hydrogen-bond donors (Lipinski definition) is 2. The molecule has 104 valence electrons. The first-order valence-corrected chi connectivity index (χ1v) is 7.25. The molecule has 4 heteroatoms. The van der Waals surface area contributed by atoms with Gasteiger partial charge in [-0.15, -0.1) is 0 Å². The summed E-state index contributed by atoms with van der Waals surface area (Å²) in [6.07, 6.45) is 3.14. The first kappa shape index (κ1) is 14.4. The number of carbonyl (C=O) groups is 1. The zero-order chi connectivity index (χ0) is 13.8. The lowest BCUT2D eigenvalue weighted by molar-refractivity contribution is -0.126. The topological polar surface area (TPSA) is 55.1 Å². The molecule has 1 aliphatic carbocycles. The first-order valence-electron chi connectivity index (χ1n) is 6.87. The van der Waals surface area contributed by atoms with Crippen LogP contribution < -0.4 is 11.1 Å². The molecular weight excluding hydrogens is 260 g/mol. The van der Waals surface area contributed by atoms with Gasteiger partial charge in [0.1, 0.15) is 0 Å². The number of hydrogen-bond acceptors (Lipinski definition) is 2. The number of nitrogens with one attached hydrogen (secondary N) is 1. The Kier molecular flexibility index (Phi) is 4.83. The highest BCUT2D eigenvalue weighted by Gasteiger charge is 2.32. The van der Waals surface area contributed by atoms with E-state index in [2.05, 4.69) is 5.32 Å². The molecule has 3 N–H and O–H groups in total. The maximum Gasteiger partial charge on any atom is 0.223 e. The van der Waals surface area contributed by atoms with Crippen molar-refractivity contribution < 1.29 is 4.79 Å². The number of carbonyl (C=O) groups excluding carboxylic acids is 1. The predicted octanol–water partition coefficient (Wildman–Crippen LogP) is 2.89. The molecule has 0 bridgehead atoms. The number of rotatable bonds is 4. The van der Waals surface area contributed by atoms with Gasteiger partial charge in [-0.1, -0.05) is 30.2 Å². The van der Waals surface area contributed by atoms with E-state index in [9.17, 15) is 4.79 Å². The zero-order valence-electron chi connectivity index (χ0n) is 11.2. The van der Waals surface area contributed by atoms with Crippen LogP contribution in [0, 0.1) is 11.8 Å². The van der Waals surface area contributed by atoms with Crippen molar-refractivity contribution >= 4 is 17.5 Å². The number of halogens is 1. The summed E-state index contributed by atoms with van der Waals surface area (Å²) in [5.74, 6) is 0.563. The quantitative estimate of drug-likeness (QED) is 0.891. The Hall–Kier alpha value is -1.06. The van der Waals surface area contributed by atoms with Gasteiger partial charge in [-0.05, 0) is 49.9 Å². The normalized spacial score (nSPS) is 24.2. The number of benzene rings is 1. The lowest BCUT2D eigenvalue weighted by Crippen LogP contribution is -2.36. The number of nitrogens with two attached hydrogens (primary N) is 1. The average molecular weight is 281 g/mol. The molecule has 2 rings (SSSR count). The molecule has 0 radical (unpaired) electrons. The Morgan fingerprint density at radius 1 is 1.42 bits per heavy atom. The molecule has 0 aromatic heterocycles. The summed E-state index contributed by atoms with van der Waals surface area (Å²) in [7, 11) is 0. The number of amides is 1. The van der Waals surface area contributed by atoms with Crippen molar-refractivity contribution in [2.75, 3.05) is 6.54 Å². The van der Waals surface area contributed by atoms with E-state index in [0.29, 0.717) is 17.5 Å². The summed E-state index contributed by atoms with van der Waals surface area (Å²) in [5, 5.41) is 3.79. The van der Waals surface area contributed by atoms with Crippen LogP contribution in [0.15, 0.2) is 24.3 Å². The standard InChI is InChI=1S/C15H21ClN2O/c1-10(11-5-7-13(16)8-6-11)18-15(19)14-4-2-3-12(14)9-17/h5-8,10,12,14H,2-4,9,17H2,1H3,(H,18,19). The third kappa shape index (κ3) is 3.48. The minimum absolute atomic E-state index is 0.00351. The Labute approximate surface area is 119 Å². The van der Waals surface area contributed by atoms with Crippen molar-refractivity contribution in [2.45, 2.75) is 32.2 Å². The van der Waals surface area contributed by atoms with Crippen molar-refractivity contribution in [2.24, 2.45) is 17.6 Å². The van der Waals surface area contributed by atoms with Gasteiger partial charge in [-0.2, -0.15) is 0 Å². The molecular formula is C15H21ClN2O. The molecule has 1 aliphatic rings. The SMILES string of the molecule is CC(NC(=O)C1CCCC1CN)c1ccc(Cl)cc1. The second-order valence-corrected chi connectivity index (χ2v) is 5.75. The summed E-state index contributed by atoms with van der Waals surface area (Å²) in [6.45, 7) is 2.60. The van der Waals surface area contributed by atoms with Crippen molar-refractivity contribution in [3.63, 3.8) is 0 Å². The minimum atomic E-state index is 0.00351. The van der Waals surface area contributed by atoms with Gasteiger partial charge >= 0.3 is 0 Å². The van der Waals surface area contributed by atoms with Crippen molar-refractivity contribution in [3.8, 4) is 0 Å². The third-order valence-electron chi connectivity index (χ3n) is 4.03. The van der Waals surface area contributed by atoms with E-state index in [-0.39, 0.29) is 17.9 Å². The third-order valence-corrected chi connectivity index (χ3v) is 4.28. The molecule has 0 heterocycles. The average Bonchev–Trinajstić information content (AvgIpc) is 2.87. The molecule has 3 unspecified atom stereocenters. The van der Waals surface area contributed by atoms with Gasteiger partial charge in [0, 0.05) is 10.9 Å². The molecule has 0 aliphatic heterocycles. The summed E-state index contributed by atoms with van der Waals surface area (Å²) in [5.41, 5.74) is 6.80. The highest BCUT2D eigenvalue weighted by Crippen LogP contribution is 2.31. The van der Waals surface area contributed by atoms with E-state index < -0.39 is 0 Å². The van der Waals surface area contributed by atoms with E-state index in [1.54, 1.807) is 0 Å². The Morgan fingerprint density at radius 2 is 2.11 bits per heavy atom. The van der Waals surface area contributed by atoms with Crippen molar-refractivity contribution in [3.05, 3.63) is 34.9 Å². The molecule has 1 amide bonds. The maximum atomic E-state index is 12.3. The van der Waals surface area contributed by atoms with Gasteiger partial charge in [-0.3, -0.25) is 4.79 Å². The van der Waals surface area contributed by atoms with Gasteiger partial charge in [0.05, 0.1) is 6.04 Å². The monoisotopic (exact) mass is 280 g/mol. The lowest BCUT2D eigenvalue weighted by atomic mass is 9.95. The highest BCUT2D eigenvalue weighted by atomic mass is 35.5. The van der Waals surface area contributed by atoms with Crippen LogP contribution in [0.4, 0.5) is 0 Å². The summed E-state index contributed by atoms with van der Waals surface area (Å²) >= 11 is 5.86. The maximum absolute atomic E-state index is 12.3. The highest BCUT2D eigenvalue weighted by molar-refractivity contribution is 6.30. The van der Waals surface area contributed by atoms with Crippen LogP contribution in [0.3, 0.4) is 0 Å². The molecule has 19 heavy (non-hydrogen) atoms. The fraction of sp³-hybridized carbons (Fsp3) is 0.533. The van der Waals surface area contributed by atoms with Gasteiger partial charge in [0.2, 0.25) is 5.91 Å². The molecule has 1 saturated carbocycles. The van der Waals surface area contributed by atoms with Crippen LogP contribution in [0.25, 0.3) is 0 Å². The summed E-state index contributed by atoms with van der Waals surface area (Å²) in [4.78, 5) is 12.3. The smallest absolute Gasteiger partial charge is 0.223 e. The van der Waals surface area contributed by atoms with Crippen LogP contribution in [0.5, 0.6) is 0 Å². The zero-order valence-corrected chi connectivity index (χ0v) is 12.0.